The second kappa shape index (κ2) is 10.0. The van der Waals surface area contributed by atoms with Crippen LogP contribution < -0.4 is 14.8 Å². The van der Waals surface area contributed by atoms with E-state index in [9.17, 15) is 23.3 Å². The highest BCUT2D eigenvalue weighted by Crippen LogP contribution is 2.25. The quantitative estimate of drug-likeness (QED) is 0.376. The van der Waals surface area contributed by atoms with Gasteiger partial charge in [0, 0.05) is 12.6 Å². The SMILES string of the molecule is Cc1c(NC(=O)COc2ccc(S(=O)(=O)NCc3ccccc3)cc2)cccc1[N+](=O)[O-]. The van der Waals surface area contributed by atoms with Gasteiger partial charge >= 0.3 is 0 Å². The van der Waals surface area contributed by atoms with Gasteiger partial charge in [0.05, 0.1) is 21.1 Å². The summed E-state index contributed by atoms with van der Waals surface area (Å²) in [5.41, 5.74) is 1.39. The number of ether oxygens (including phenoxy) is 1. The van der Waals surface area contributed by atoms with Gasteiger partial charge < -0.3 is 10.1 Å². The molecule has 2 N–H and O–H groups in total. The minimum Gasteiger partial charge on any atom is -0.484 e. The van der Waals surface area contributed by atoms with Gasteiger partial charge in [0.2, 0.25) is 10.0 Å². The van der Waals surface area contributed by atoms with Crippen LogP contribution in [0.25, 0.3) is 0 Å². The molecule has 0 aliphatic carbocycles. The molecule has 0 aliphatic rings. The monoisotopic (exact) mass is 455 g/mol. The van der Waals surface area contributed by atoms with Crippen LogP contribution in [0.5, 0.6) is 5.75 Å². The number of rotatable bonds is 9. The van der Waals surface area contributed by atoms with E-state index in [1.807, 2.05) is 30.3 Å². The summed E-state index contributed by atoms with van der Waals surface area (Å²) in [6, 6.07) is 19.2. The highest BCUT2D eigenvalue weighted by molar-refractivity contribution is 7.89. The molecule has 1 amide bonds. The molecule has 0 radical (unpaired) electrons. The Morgan fingerprint density at radius 3 is 2.34 bits per heavy atom. The van der Waals surface area contributed by atoms with Crippen molar-refractivity contribution in [1.82, 2.24) is 4.72 Å². The van der Waals surface area contributed by atoms with Crippen LogP contribution in [-0.2, 0) is 21.4 Å². The van der Waals surface area contributed by atoms with Crippen LogP contribution in [0, 0.1) is 17.0 Å². The van der Waals surface area contributed by atoms with Gasteiger partial charge in [-0.2, -0.15) is 0 Å². The van der Waals surface area contributed by atoms with Crippen LogP contribution in [0.1, 0.15) is 11.1 Å². The Morgan fingerprint density at radius 1 is 1.00 bits per heavy atom. The lowest BCUT2D eigenvalue weighted by molar-refractivity contribution is -0.385. The Kier molecular flexibility index (Phi) is 7.18. The molecule has 3 aromatic carbocycles. The molecule has 0 fully saturated rings. The molecular formula is C22H21N3O6S. The zero-order chi connectivity index (χ0) is 23.1. The number of hydrogen-bond donors (Lipinski definition) is 2. The first kappa shape index (κ1) is 22.9. The van der Waals surface area contributed by atoms with Crippen LogP contribution in [0.2, 0.25) is 0 Å². The maximum absolute atomic E-state index is 12.4. The standard InChI is InChI=1S/C22H21N3O6S/c1-16-20(8-5-9-21(16)25(27)28)24-22(26)15-31-18-10-12-19(13-11-18)32(29,30)23-14-17-6-3-2-4-7-17/h2-13,23H,14-15H2,1H3,(H,24,26). The van der Waals surface area contributed by atoms with Gasteiger partial charge in [-0.05, 0) is 42.8 Å². The number of carbonyl (C=O) groups is 1. The van der Waals surface area contributed by atoms with Crippen molar-refractivity contribution < 1.29 is 22.9 Å². The average Bonchev–Trinajstić information content (AvgIpc) is 2.78. The minimum atomic E-state index is -3.70. The number of benzene rings is 3. The Hall–Kier alpha value is -3.76. The molecule has 0 atom stereocenters. The zero-order valence-corrected chi connectivity index (χ0v) is 18.0. The first-order valence-corrected chi connectivity index (χ1v) is 11.0. The molecule has 0 heterocycles. The van der Waals surface area contributed by atoms with Crippen molar-refractivity contribution in [3.8, 4) is 5.75 Å². The first-order chi connectivity index (χ1) is 15.3. The van der Waals surface area contributed by atoms with E-state index in [0.717, 1.165) is 5.56 Å². The molecule has 32 heavy (non-hydrogen) atoms. The van der Waals surface area contributed by atoms with Gasteiger partial charge in [0.1, 0.15) is 5.75 Å². The van der Waals surface area contributed by atoms with Crippen LogP contribution in [0.4, 0.5) is 11.4 Å². The van der Waals surface area contributed by atoms with Gasteiger partial charge in [0.15, 0.2) is 6.61 Å². The molecule has 0 aliphatic heterocycles. The fourth-order valence-corrected chi connectivity index (χ4v) is 3.88. The Labute approximate surface area is 185 Å². The van der Waals surface area contributed by atoms with Gasteiger partial charge in [-0.15, -0.1) is 0 Å². The fourth-order valence-electron chi connectivity index (χ4n) is 2.86. The fraction of sp³-hybridized carbons (Fsp3) is 0.136. The van der Waals surface area contributed by atoms with E-state index in [4.69, 9.17) is 4.74 Å². The summed E-state index contributed by atoms with van der Waals surface area (Å²) < 4.78 is 32.8. The molecule has 3 aromatic rings. The van der Waals surface area contributed by atoms with Crippen molar-refractivity contribution in [3.05, 3.63) is 94.0 Å². The Morgan fingerprint density at radius 2 is 1.69 bits per heavy atom. The highest BCUT2D eigenvalue weighted by atomic mass is 32.2. The van der Waals surface area contributed by atoms with E-state index in [1.165, 1.54) is 36.4 Å². The van der Waals surface area contributed by atoms with Gasteiger partial charge in [-0.3, -0.25) is 14.9 Å². The van der Waals surface area contributed by atoms with Gasteiger partial charge in [-0.25, -0.2) is 13.1 Å². The van der Waals surface area contributed by atoms with Crippen molar-refractivity contribution in [2.24, 2.45) is 0 Å². The summed E-state index contributed by atoms with van der Waals surface area (Å²) >= 11 is 0. The number of amides is 1. The minimum absolute atomic E-state index is 0.0671. The molecule has 0 bridgehead atoms. The van der Waals surface area contributed by atoms with E-state index in [2.05, 4.69) is 10.0 Å². The number of hydrogen-bond acceptors (Lipinski definition) is 6. The van der Waals surface area contributed by atoms with Crippen molar-refractivity contribution in [1.29, 1.82) is 0 Å². The highest BCUT2D eigenvalue weighted by Gasteiger charge is 2.16. The maximum atomic E-state index is 12.4. The first-order valence-electron chi connectivity index (χ1n) is 9.56. The summed E-state index contributed by atoms with van der Waals surface area (Å²) in [4.78, 5) is 22.7. The van der Waals surface area contributed by atoms with Crippen LogP contribution >= 0.6 is 0 Å². The molecule has 0 aromatic heterocycles. The van der Waals surface area contributed by atoms with Crippen LogP contribution in [0.15, 0.2) is 77.7 Å². The number of nitro benzene ring substituents is 1. The van der Waals surface area contributed by atoms with Gasteiger partial charge in [-0.1, -0.05) is 36.4 Å². The lowest BCUT2D eigenvalue weighted by Crippen LogP contribution is -2.23. The third kappa shape index (κ3) is 5.90. The van der Waals surface area contributed by atoms with Crippen molar-refractivity contribution in [2.45, 2.75) is 18.4 Å². The number of nitrogens with zero attached hydrogens (tertiary/aromatic N) is 1. The number of nitrogens with one attached hydrogen (secondary N) is 2. The number of carbonyl (C=O) groups excluding carboxylic acids is 1. The molecule has 0 saturated carbocycles. The topological polar surface area (TPSA) is 128 Å². The molecule has 10 heteroatoms. The predicted octanol–water partition coefficient (Wildman–Crippen LogP) is 3.40. The van der Waals surface area contributed by atoms with E-state index in [-0.39, 0.29) is 23.7 Å². The van der Waals surface area contributed by atoms with E-state index < -0.39 is 20.9 Å². The summed E-state index contributed by atoms with van der Waals surface area (Å²) in [5, 5.41) is 13.6. The second-order valence-electron chi connectivity index (χ2n) is 6.83. The van der Waals surface area contributed by atoms with Crippen molar-refractivity contribution in [2.75, 3.05) is 11.9 Å². The maximum Gasteiger partial charge on any atom is 0.274 e. The summed E-state index contributed by atoms with van der Waals surface area (Å²) in [6.45, 7) is 1.36. The number of sulfonamides is 1. The lowest BCUT2D eigenvalue weighted by atomic mass is 10.1. The van der Waals surface area contributed by atoms with E-state index in [1.54, 1.807) is 13.0 Å². The van der Waals surface area contributed by atoms with E-state index in [0.29, 0.717) is 17.0 Å². The molecule has 0 saturated heterocycles. The normalized spacial score (nSPS) is 11.0. The number of nitro groups is 1. The second-order valence-corrected chi connectivity index (χ2v) is 8.59. The predicted molar refractivity (Wildman–Crippen MR) is 119 cm³/mol. The smallest absolute Gasteiger partial charge is 0.274 e. The van der Waals surface area contributed by atoms with Crippen molar-refractivity contribution in [3.63, 3.8) is 0 Å². The summed E-state index contributed by atoms with van der Waals surface area (Å²) in [5.74, 6) is -0.201. The number of anilines is 1. The van der Waals surface area contributed by atoms with Crippen LogP contribution in [0.3, 0.4) is 0 Å². The summed E-state index contributed by atoms with van der Waals surface area (Å²) in [7, 11) is -3.70. The lowest BCUT2D eigenvalue weighted by Gasteiger charge is -2.11. The molecule has 9 nitrogen and oxygen atoms in total. The Balaban J connectivity index is 1.56. The zero-order valence-electron chi connectivity index (χ0n) is 17.1. The third-order valence-electron chi connectivity index (χ3n) is 4.59. The third-order valence-corrected chi connectivity index (χ3v) is 6.01. The van der Waals surface area contributed by atoms with Gasteiger partial charge in [0.25, 0.3) is 11.6 Å². The largest absolute Gasteiger partial charge is 0.484 e. The Bertz CT molecular complexity index is 1210. The molecule has 166 valence electrons. The molecular weight excluding hydrogens is 434 g/mol. The van der Waals surface area contributed by atoms with E-state index >= 15 is 0 Å². The molecule has 0 spiro atoms. The average molecular weight is 455 g/mol. The molecule has 0 unspecified atom stereocenters. The summed E-state index contributed by atoms with van der Waals surface area (Å²) in [6.07, 6.45) is 0. The van der Waals surface area contributed by atoms with Crippen molar-refractivity contribution >= 4 is 27.3 Å². The molecule has 3 rings (SSSR count). The van der Waals surface area contributed by atoms with Crippen LogP contribution in [-0.4, -0.2) is 25.9 Å².